The van der Waals surface area contributed by atoms with Gasteiger partial charge in [-0.25, -0.2) is 0 Å². The molecule has 1 aromatic carbocycles. The van der Waals surface area contributed by atoms with Crippen molar-refractivity contribution in [2.75, 3.05) is 37.4 Å². The number of unbranched alkanes of at least 4 members (excludes halogenated alkanes) is 1. The number of ether oxygens (including phenoxy) is 1. The number of nitrogens with two attached hydrogens (primary N) is 1. The lowest BCUT2D eigenvalue weighted by atomic mass is 10.1. The lowest BCUT2D eigenvalue weighted by Crippen LogP contribution is -2.42. The number of para-hydroxylation sites is 1. The zero-order valence-corrected chi connectivity index (χ0v) is 15.4. The minimum absolute atomic E-state index is 0.161. The molecule has 26 heavy (non-hydrogen) atoms. The number of pyridine rings is 1. The van der Waals surface area contributed by atoms with Crippen LogP contribution in [0.1, 0.15) is 32.6 Å². The highest BCUT2D eigenvalue weighted by Gasteiger charge is 2.22. The summed E-state index contributed by atoms with van der Waals surface area (Å²) in [5.74, 6) is 0.161. The van der Waals surface area contributed by atoms with Crippen LogP contribution in [0.5, 0.6) is 0 Å². The van der Waals surface area contributed by atoms with Gasteiger partial charge in [0.15, 0.2) is 0 Å². The molecule has 6 nitrogen and oxygen atoms in total. The Morgan fingerprint density at radius 2 is 2.08 bits per heavy atom. The maximum Gasteiger partial charge on any atom is 0.219 e. The number of rotatable bonds is 7. The topological polar surface area (TPSA) is 80.5 Å². The molecule has 0 saturated carbocycles. The number of anilines is 2. The number of carbonyl (C=O) groups is 1. The number of fused-ring (bicyclic) bond motifs is 1. The summed E-state index contributed by atoms with van der Waals surface area (Å²) in [7, 11) is 0. The first-order valence-electron chi connectivity index (χ1n) is 9.39. The summed E-state index contributed by atoms with van der Waals surface area (Å²) in [6.07, 6.45) is 5.53. The quantitative estimate of drug-likeness (QED) is 0.745. The summed E-state index contributed by atoms with van der Waals surface area (Å²) >= 11 is 0. The van der Waals surface area contributed by atoms with E-state index in [1.807, 2.05) is 29.2 Å². The van der Waals surface area contributed by atoms with Crippen LogP contribution < -0.4 is 11.1 Å². The van der Waals surface area contributed by atoms with Crippen LogP contribution in [0, 0.1) is 0 Å². The van der Waals surface area contributed by atoms with Crippen molar-refractivity contribution in [1.82, 2.24) is 9.88 Å². The normalized spacial score (nSPS) is 15.1. The molecule has 2 aromatic rings. The predicted octanol–water partition coefficient (Wildman–Crippen LogP) is 3.04. The van der Waals surface area contributed by atoms with Crippen LogP contribution in [0.25, 0.3) is 10.9 Å². The second kappa shape index (κ2) is 8.85. The molecule has 2 heterocycles. The molecule has 0 unspecified atom stereocenters. The Bertz CT molecular complexity index is 744. The van der Waals surface area contributed by atoms with E-state index in [9.17, 15) is 4.79 Å². The number of nitrogen functional groups attached to an aromatic ring is 1. The van der Waals surface area contributed by atoms with E-state index >= 15 is 0 Å². The van der Waals surface area contributed by atoms with Gasteiger partial charge in [-0.15, -0.1) is 0 Å². The minimum atomic E-state index is 0.161. The number of nitrogens with one attached hydrogen (secondary N) is 1. The van der Waals surface area contributed by atoms with E-state index in [4.69, 9.17) is 10.5 Å². The van der Waals surface area contributed by atoms with Gasteiger partial charge in [0, 0.05) is 44.7 Å². The zero-order chi connectivity index (χ0) is 18.4. The van der Waals surface area contributed by atoms with E-state index in [1.165, 1.54) is 0 Å². The third-order valence-electron chi connectivity index (χ3n) is 4.97. The Balaban J connectivity index is 1.51. The smallest absolute Gasteiger partial charge is 0.219 e. The summed E-state index contributed by atoms with van der Waals surface area (Å²) in [6, 6.07) is 8.31. The molecular formula is C20H28N4O2. The summed E-state index contributed by atoms with van der Waals surface area (Å²) in [4.78, 5) is 18.3. The first kappa shape index (κ1) is 18.5. The standard InChI is InChI=1S/C20H28N4O2/c1-15(25)24(16-8-12-26-13-9-16)11-5-4-10-22-20-17-6-2-3-7-19(17)23-14-18(20)21/h2-3,6-7,14,16H,4-5,8-13,21H2,1H3,(H,22,23). The zero-order valence-electron chi connectivity index (χ0n) is 15.4. The molecule has 1 saturated heterocycles. The van der Waals surface area contributed by atoms with Crippen molar-refractivity contribution >= 4 is 28.2 Å². The molecule has 1 amide bonds. The second-order valence-corrected chi connectivity index (χ2v) is 6.80. The van der Waals surface area contributed by atoms with Crippen molar-refractivity contribution in [1.29, 1.82) is 0 Å². The van der Waals surface area contributed by atoms with Crippen molar-refractivity contribution in [2.24, 2.45) is 0 Å². The average Bonchev–Trinajstić information content (AvgIpc) is 2.66. The van der Waals surface area contributed by atoms with Gasteiger partial charge in [0.05, 0.1) is 23.1 Å². The third-order valence-corrected chi connectivity index (χ3v) is 4.97. The molecule has 6 heteroatoms. The van der Waals surface area contributed by atoms with Gasteiger partial charge >= 0.3 is 0 Å². The number of benzene rings is 1. The van der Waals surface area contributed by atoms with Crippen molar-refractivity contribution in [3.05, 3.63) is 30.5 Å². The largest absolute Gasteiger partial charge is 0.396 e. The molecule has 140 valence electrons. The average molecular weight is 356 g/mol. The first-order chi connectivity index (χ1) is 12.7. The molecule has 1 aliphatic heterocycles. The number of hydrogen-bond donors (Lipinski definition) is 2. The second-order valence-electron chi connectivity index (χ2n) is 6.80. The van der Waals surface area contributed by atoms with Crippen molar-refractivity contribution in [3.8, 4) is 0 Å². The molecule has 0 radical (unpaired) electrons. The van der Waals surface area contributed by atoms with Gasteiger partial charge in [-0.05, 0) is 31.7 Å². The monoisotopic (exact) mass is 356 g/mol. The van der Waals surface area contributed by atoms with Gasteiger partial charge in [-0.2, -0.15) is 0 Å². The van der Waals surface area contributed by atoms with Crippen LogP contribution in [-0.2, 0) is 9.53 Å². The maximum absolute atomic E-state index is 12.0. The van der Waals surface area contributed by atoms with Gasteiger partial charge in [0.25, 0.3) is 0 Å². The maximum atomic E-state index is 12.0. The fourth-order valence-corrected chi connectivity index (χ4v) is 3.57. The molecule has 3 N–H and O–H groups in total. The van der Waals surface area contributed by atoms with Crippen molar-refractivity contribution in [3.63, 3.8) is 0 Å². The van der Waals surface area contributed by atoms with E-state index in [1.54, 1.807) is 13.1 Å². The Kier molecular flexibility index (Phi) is 6.28. The summed E-state index contributed by atoms with van der Waals surface area (Å²) < 4.78 is 5.40. The molecule has 1 fully saturated rings. The molecule has 0 aliphatic carbocycles. The van der Waals surface area contributed by atoms with Crippen LogP contribution in [0.3, 0.4) is 0 Å². The van der Waals surface area contributed by atoms with Crippen LogP contribution >= 0.6 is 0 Å². The van der Waals surface area contributed by atoms with Crippen LogP contribution in [0.4, 0.5) is 11.4 Å². The number of aromatic nitrogens is 1. The SMILES string of the molecule is CC(=O)N(CCCCNc1c(N)cnc2ccccc12)C1CCOCC1. The Morgan fingerprint density at radius 3 is 2.85 bits per heavy atom. The summed E-state index contributed by atoms with van der Waals surface area (Å²) in [6.45, 7) is 4.79. The van der Waals surface area contributed by atoms with Gasteiger partial charge in [0.2, 0.25) is 5.91 Å². The van der Waals surface area contributed by atoms with Gasteiger partial charge in [-0.3, -0.25) is 9.78 Å². The molecule has 1 aromatic heterocycles. The highest BCUT2D eigenvalue weighted by Crippen LogP contribution is 2.27. The van der Waals surface area contributed by atoms with Crippen LogP contribution in [-0.4, -0.2) is 48.1 Å². The summed E-state index contributed by atoms with van der Waals surface area (Å²) in [5, 5.41) is 4.49. The minimum Gasteiger partial charge on any atom is -0.396 e. The highest BCUT2D eigenvalue weighted by molar-refractivity contribution is 5.96. The fourth-order valence-electron chi connectivity index (χ4n) is 3.57. The van der Waals surface area contributed by atoms with E-state index in [0.29, 0.717) is 11.7 Å². The predicted molar refractivity (Wildman–Crippen MR) is 105 cm³/mol. The fraction of sp³-hybridized carbons (Fsp3) is 0.500. The van der Waals surface area contributed by atoms with Crippen molar-refractivity contribution in [2.45, 2.75) is 38.6 Å². The van der Waals surface area contributed by atoms with Crippen LogP contribution in [0.2, 0.25) is 0 Å². The van der Waals surface area contributed by atoms with E-state index in [2.05, 4.69) is 10.3 Å². The van der Waals surface area contributed by atoms with E-state index in [0.717, 1.165) is 68.6 Å². The highest BCUT2D eigenvalue weighted by atomic mass is 16.5. The molecule has 0 atom stereocenters. The van der Waals surface area contributed by atoms with E-state index < -0.39 is 0 Å². The van der Waals surface area contributed by atoms with Gasteiger partial charge in [0.1, 0.15) is 0 Å². The Labute approximate surface area is 154 Å². The number of carbonyl (C=O) groups excluding carboxylic acids is 1. The van der Waals surface area contributed by atoms with Crippen LogP contribution in [0.15, 0.2) is 30.5 Å². The van der Waals surface area contributed by atoms with Gasteiger partial charge in [-0.1, -0.05) is 18.2 Å². The van der Waals surface area contributed by atoms with Crippen molar-refractivity contribution < 1.29 is 9.53 Å². The lowest BCUT2D eigenvalue weighted by Gasteiger charge is -2.33. The van der Waals surface area contributed by atoms with E-state index in [-0.39, 0.29) is 5.91 Å². The Morgan fingerprint density at radius 1 is 1.31 bits per heavy atom. The number of hydrogen-bond acceptors (Lipinski definition) is 5. The molecular weight excluding hydrogens is 328 g/mol. The third kappa shape index (κ3) is 4.43. The molecule has 0 bridgehead atoms. The Hall–Kier alpha value is -2.34. The first-order valence-corrected chi connectivity index (χ1v) is 9.39. The number of amides is 1. The number of nitrogens with zero attached hydrogens (tertiary/aromatic N) is 2. The molecule has 3 rings (SSSR count). The molecule has 1 aliphatic rings. The summed E-state index contributed by atoms with van der Waals surface area (Å²) in [5.41, 5.74) is 8.64. The molecule has 0 spiro atoms. The van der Waals surface area contributed by atoms with Gasteiger partial charge < -0.3 is 20.7 Å². The lowest BCUT2D eigenvalue weighted by molar-refractivity contribution is -0.133.